The van der Waals surface area contributed by atoms with E-state index >= 15 is 0 Å². The molecule has 2 rings (SSSR count). The van der Waals surface area contributed by atoms with Gasteiger partial charge >= 0.3 is 0 Å². The quantitative estimate of drug-likeness (QED) is 0.869. The van der Waals surface area contributed by atoms with Gasteiger partial charge in [0.05, 0.1) is 12.7 Å². The Hall–Kier alpha value is -1.56. The minimum Gasteiger partial charge on any atom is -0.497 e. The number of amides is 2. The van der Waals surface area contributed by atoms with Gasteiger partial charge in [-0.1, -0.05) is 0 Å². The van der Waals surface area contributed by atoms with Gasteiger partial charge in [-0.3, -0.25) is 9.59 Å². The maximum Gasteiger partial charge on any atom is 0.252 e. The fourth-order valence-corrected chi connectivity index (χ4v) is 3.02. The molecule has 0 radical (unpaired) electrons. The minimum absolute atomic E-state index is 0.0540. The van der Waals surface area contributed by atoms with Gasteiger partial charge in [0, 0.05) is 16.4 Å². The number of methoxy groups -OCH3 is 1. The molecular weight excluding hydrogens is 336 g/mol. The van der Waals surface area contributed by atoms with Gasteiger partial charge in [-0.15, -0.1) is 0 Å². The molecule has 0 bridgehead atoms. The summed E-state index contributed by atoms with van der Waals surface area (Å²) in [6.07, 6.45) is 3.03. The van der Waals surface area contributed by atoms with Crippen LogP contribution in [0.4, 0.5) is 0 Å². The Labute approximate surface area is 132 Å². The van der Waals surface area contributed by atoms with Crippen LogP contribution in [0.3, 0.4) is 0 Å². The summed E-state index contributed by atoms with van der Waals surface area (Å²) in [5.41, 5.74) is 5.86. The van der Waals surface area contributed by atoms with E-state index in [1.165, 1.54) is 0 Å². The molecule has 1 aromatic carbocycles. The predicted molar refractivity (Wildman–Crippen MR) is 83.1 cm³/mol. The molecule has 5 nitrogen and oxygen atoms in total. The maximum absolute atomic E-state index is 12.3. The second-order valence-corrected chi connectivity index (χ2v) is 6.12. The third kappa shape index (κ3) is 3.97. The monoisotopic (exact) mass is 354 g/mol. The van der Waals surface area contributed by atoms with Crippen LogP contribution in [0.1, 0.15) is 36.0 Å². The van der Waals surface area contributed by atoms with Crippen LogP contribution in [0.5, 0.6) is 5.75 Å². The topological polar surface area (TPSA) is 81.4 Å². The summed E-state index contributed by atoms with van der Waals surface area (Å²) in [7, 11) is 1.57. The van der Waals surface area contributed by atoms with Crippen molar-refractivity contribution in [3.63, 3.8) is 0 Å². The second kappa shape index (κ2) is 6.93. The van der Waals surface area contributed by atoms with Gasteiger partial charge in [0.2, 0.25) is 5.91 Å². The fourth-order valence-electron chi connectivity index (χ4n) is 2.59. The third-order valence-corrected chi connectivity index (χ3v) is 4.57. The Morgan fingerprint density at radius 2 is 1.95 bits per heavy atom. The van der Waals surface area contributed by atoms with Crippen molar-refractivity contribution >= 4 is 27.7 Å². The molecule has 0 saturated heterocycles. The Morgan fingerprint density at radius 3 is 2.52 bits per heavy atom. The summed E-state index contributed by atoms with van der Waals surface area (Å²) < 4.78 is 5.87. The van der Waals surface area contributed by atoms with E-state index < -0.39 is 0 Å². The molecule has 0 aliphatic heterocycles. The molecule has 1 aliphatic rings. The standard InChI is InChI=1S/C15H19BrN2O3/c1-21-11-6-7-13(16)12(8-11)15(20)18-10-4-2-9(3-5-10)14(17)19/h6-10H,2-5H2,1H3,(H2,17,19)(H,18,20). The number of ether oxygens (including phenoxy) is 1. The van der Waals surface area contributed by atoms with Crippen LogP contribution in [0.25, 0.3) is 0 Å². The summed E-state index contributed by atoms with van der Waals surface area (Å²) in [6, 6.07) is 5.37. The highest BCUT2D eigenvalue weighted by Gasteiger charge is 2.26. The van der Waals surface area contributed by atoms with Gasteiger partial charge in [0.25, 0.3) is 5.91 Å². The second-order valence-electron chi connectivity index (χ2n) is 5.27. The lowest BCUT2D eigenvalue weighted by Crippen LogP contribution is -2.39. The van der Waals surface area contributed by atoms with Gasteiger partial charge in [0.15, 0.2) is 0 Å². The molecule has 3 N–H and O–H groups in total. The van der Waals surface area contributed by atoms with E-state index in [1.807, 2.05) is 0 Å². The maximum atomic E-state index is 12.3. The first-order chi connectivity index (χ1) is 10.0. The lowest BCUT2D eigenvalue weighted by Gasteiger charge is -2.27. The molecule has 0 atom stereocenters. The van der Waals surface area contributed by atoms with Crippen LogP contribution in [0, 0.1) is 5.92 Å². The first-order valence-corrected chi connectivity index (χ1v) is 7.74. The SMILES string of the molecule is COc1ccc(Br)c(C(=O)NC2CCC(C(N)=O)CC2)c1. The number of nitrogens with two attached hydrogens (primary N) is 1. The zero-order chi connectivity index (χ0) is 15.4. The largest absolute Gasteiger partial charge is 0.497 e. The van der Waals surface area contributed by atoms with E-state index in [2.05, 4.69) is 21.2 Å². The molecule has 114 valence electrons. The first-order valence-electron chi connectivity index (χ1n) is 6.95. The first kappa shape index (κ1) is 15.8. The van der Waals surface area contributed by atoms with Crippen LogP contribution in [-0.4, -0.2) is 25.0 Å². The zero-order valence-corrected chi connectivity index (χ0v) is 13.5. The highest BCUT2D eigenvalue weighted by atomic mass is 79.9. The number of carbonyl (C=O) groups excluding carboxylic acids is 2. The number of nitrogens with one attached hydrogen (secondary N) is 1. The van der Waals surface area contributed by atoms with Gasteiger partial charge in [0.1, 0.15) is 5.75 Å². The molecule has 0 heterocycles. The summed E-state index contributed by atoms with van der Waals surface area (Å²) >= 11 is 3.38. The number of hydrogen-bond donors (Lipinski definition) is 2. The van der Waals surface area contributed by atoms with Crippen LogP contribution >= 0.6 is 15.9 Å². The molecule has 0 aromatic heterocycles. The molecule has 1 fully saturated rings. The molecule has 1 saturated carbocycles. The number of rotatable bonds is 4. The Morgan fingerprint density at radius 1 is 1.29 bits per heavy atom. The van der Waals surface area contributed by atoms with Gasteiger partial charge in [-0.25, -0.2) is 0 Å². The van der Waals surface area contributed by atoms with E-state index in [4.69, 9.17) is 10.5 Å². The Kier molecular flexibility index (Phi) is 5.22. The summed E-state index contributed by atoms with van der Waals surface area (Å²) in [5.74, 6) is 0.209. The number of primary amides is 1. The van der Waals surface area contributed by atoms with Crippen molar-refractivity contribution in [2.24, 2.45) is 11.7 Å². The number of carbonyl (C=O) groups is 2. The molecular formula is C15H19BrN2O3. The summed E-state index contributed by atoms with van der Waals surface area (Å²) in [5, 5.41) is 3.01. The van der Waals surface area contributed by atoms with Crippen LogP contribution in [0.15, 0.2) is 22.7 Å². The highest BCUT2D eigenvalue weighted by Crippen LogP contribution is 2.26. The van der Waals surface area contributed by atoms with E-state index in [9.17, 15) is 9.59 Å². The Balaban J connectivity index is 1.98. The Bertz CT molecular complexity index is 540. The van der Waals surface area contributed by atoms with Crippen molar-refractivity contribution in [1.29, 1.82) is 0 Å². The molecule has 21 heavy (non-hydrogen) atoms. The summed E-state index contributed by atoms with van der Waals surface area (Å²) in [6.45, 7) is 0. The van der Waals surface area contributed by atoms with Crippen LogP contribution in [0.2, 0.25) is 0 Å². The number of halogens is 1. The molecule has 0 spiro atoms. The van der Waals surface area contributed by atoms with E-state index in [1.54, 1.807) is 25.3 Å². The average Bonchev–Trinajstić information content (AvgIpc) is 2.48. The molecule has 2 amide bonds. The molecule has 0 unspecified atom stereocenters. The molecule has 6 heteroatoms. The fraction of sp³-hybridized carbons (Fsp3) is 0.467. The normalized spacial score (nSPS) is 21.6. The van der Waals surface area contributed by atoms with Crippen LogP contribution in [-0.2, 0) is 4.79 Å². The van der Waals surface area contributed by atoms with Crippen molar-refractivity contribution in [3.8, 4) is 5.75 Å². The number of benzene rings is 1. The number of hydrogen-bond acceptors (Lipinski definition) is 3. The van der Waals surface area contributed by atoms with E-state index in [0.717, 1.165) is 30.2 Å². The van der Waals surface area contributed by atoms with Gasteiger partial charge in [-0.05, 0) is 59.8 Å². The smallest absolute Gasteiger partial charge is 0.252 e. The predicted octanol–water partition coefficient (Wildman–Crippen LogP) is 2.23. The highest BCUT2D eigenvalue weighted by molar-refractivity contribution is 9.10. The summed E-state index contributed by atoms with van der Waals surface area (Å²) in [4.78, 5) is 23.5. The lowest BCUT2D eigenvalue weighted by atomic mass is 9.85. The van der Waals surface area contributed by atoms with Crippen molar-refractivity contribution in [1.82, 2.24) is 5.32 Å². The van der Waals surface area contributed by atoms with Crippen molar-refractivity contribution in [2.45, 2.75) is 31.7 Å². The molecule has 1 aliphatic carbocycles. The van der Waals surface area contributed by atoms with Crippen molar-refractivity contribution in [2.75, 3.05) is 7.11 Å². The average molecular weight is 355 g/mol. The van der Waals surface area contributed by atoms with E-state index in [0.29, 0.717) is 11.3 Å². The van der Waals surface area contributed by atoms with E-state index in [-0.39, 0.29) is 23.8 Å². The lowest BCUT2D eigenvalue weighted by molar-refractivity contribution is -0.122. The van der Waals surface area contributed by atoms with Crippen molar-refractivity contribution in [3.05, 3.63) is 28.2 Å². The minimum atomic E-state index is -0.240. The van der Waals surface area contributed by atoms with Crippen molar-refractivity contribution < 1.29 is 14.3 Å². The van der Waals surface area contributed by atoms with Gasteiger partial charge < -0.3 is 15.8 Å². The van der Waals surface area contributed by atoms with Gasteiger partial charge in [-0.2, -0.15) is 0 Å². The zero-order valence-electron chi connectivity index (χ0n) is 11.9. The molecule has 1 aromatic rings. The third-order valence-electron chi connectivity index (χ3n) is 3.88. The van der Waals surface area contributed by atoms with Crippen LogP contribution < -0.4 is 15.8 Å².